The summed E-state index contributed by atoms with van der Waals surface area (Å²) in [4.78, 5) is 10.3. The van der Waals surface area contributed by atoms with E-state index in [0.29, 0.717) is 0 Å². The van der Waals surface area contributed by atoms with Crippen molar-refractivity contribution < 1.29 is 9.90 Å². The highest BCUT2D eigenvalue weighted by molar-refractivity contribution is 5.80. The van der Waals surface area contributed by atoms with E-state index in [9.17, 15) is 4.79 Å². The van der Waals surface area contributed by atoms with Crippen LogP contribution in [0.2, 0.25) is 0 Å². The molecule has 0 aliphatic rings. The summed E-state index contributed by atoms with van der Waals surface area (Å²) in [6.07, 6.45) is 30.6. The molecule has 2 nitrogen and oxygen atoms in total. The molecule has 0 saturated carbocycles. The number of hydrogen-bond donors (Lipinski definition) is 1. The van der Waals surface area contributed by atoms with Gasteiger partial charge in [0, 0.05) is 6.08 Å². The van der Waals surface area contributed by atoms with Gasteiger partial charge in [-0.25, -0.2) is 4.79 Å². The number of allylic oxidation sites excluding steroid dienone is 7. The van der Waals surface area contributed by atoms with Gasteiger partial charge in [0.25, 0.3) is 0 Å². The SMILES string of the molecule is CCCCC/C=C/C/C=C\CCCCCCCC=C/C=C\C(=O)O. The Bertz CT molecular complexity index is 389. The van der Waals surface area contributed by atoms with Crippen LogP contribution in [0.1, 0.15) is 84.0 Å². The van der Waals surface area contributed by atoms with Gasteiger partial charge in [-0.3, -0.25) is 0 Å². The third-order valence-corrected chi connectivity index (χ3v) is 3.81. The molecule has 0 aromatic rings. The number of carbonyl (C=O) groups is 1. The van der Waals surface area contributed by atoms with Crippen molar-refractivity contribution in [3.63, 3.8) is 0 Å². The highest BCUT2D eigenvalue weighted by atomic mass is 16.4. The highest BCUT2D eigenvalue weighted by Crippen LogP contribution is 2.08. The molecule has 2 heteroatoms. The zero-order chi connectivity index (χ0) is 17.7. The van der Waals surface area contributed by atoms with E-state index >= 15 is 0 Å². The van der Waals surface area contributed by atoms with Crippen LogP contribution in [0.25, 0.3) is 0 Å². The normalized spacial score (nSPS) is 12.4. The zero-order valence-corrected chi connectivity index (χ0v) is 15.5. The predicted molar refractivity (Wildman–Crippen MR) is 105 cm³/mol. The highest BCUT2D eigenvalue weighted by Gasteiger charge is 1.89. The summed E-state index contributed by atoms with van der Waals surface area (Å²) < 4.78 is 0. The Morgan fingerprint density at radius 2 is 1.25 bits per heavy atom. The standard InChI is InChI=1S/C22H36O2/c1-2-3-4-5-6-7-8-9-10-11-12-13-14-15-16-17-18-19-20-21-22(23)24/h6-7,9-10,18-21H,2-5,8,11-17H2,1H3,(H,23,24)/b7-6+,10-9-,19-18?,21-20-. The molecule has 0 radical (unpaired) electrons. The van der Waals surface area contributed by atoms with E-state index in [0.717, 1.165) is 18.9 Å². The molecule has 0 atom stereocenters. The molecular formula is C22H36O2. The molecule has 0 saturated heterocycles. The third-order valence-electron chi connectivity index (χ3n) is 3.81. The molecule has 0 aliphatic heterocycles. The molecule has 0 aromatic heterocycles. The van der Waals surface area contributed by atoms with Gasteiger partial charge in [-0.2, -0.15) is 0 Å². The van der Waals surface area contributed by atoms with Crippen molar-refractivity contribution in [1.29, 1.82) is 0 Å². The van der Waals surface area contributed by atoms with Crippen molar-refractivity contribution in [2.45, 2.75) is 84.0 Å². The van der Waals surface area contributed by atoms with Gasteiger partial charge in [0.15, 0.2) is 0 Å². The quantitative estimate of drug-likeness (QED) is 0.143. The second-order valence-electron chi connectivity index (χ2n) is 6.14. The van der Waals surface area contributed by atoms with Gasteiger partial charge in [0.1, 0.15) is 0 Å². The van der Waals surface area contributed by atoms with Crippen molar-refractivity contribution in [3.05, 3.63) is 48.6 Å². The minimum atomic E-state index is -0.892. The number of unbranched alkanes of at least 4 members (excludes halogenated alkanes) is 9. The summed E-state index contributed by atoms with van der Waals surface area (Å²) in [6, 6.07) is 0. The Balaban J connectivity index is 3.27. The maximum atomic E-state index is 10.3. The lowest BCUT2D eigenvalue weighted by Gasteiger charge is -1.98. The van der Waals surface area contributed by atoms with Crippen LogP contribution < -0.4 is 0 Å². The average Bonchev–Trinajstić information content (AvgIpc) is 2.56. The van der Waals surface area contributed by atoms with E-state index < -0.39 is 5.97 Å². The molecule has 0 aliphatic carbocycles. The summed E-state index contributed by atoms with van der Waals surface area (Å²) in [5.74, 6) is -0.892. The van der Waals surface area contributed by atoms with Crippen LogP contribution in [0.15, 0.2) is 48.6 Å². The number of aliphatic carboxylic acids is 1. The van der Waals surface area contributed by atoms with Crippen LogP contribution >= 0.6 is 0 Å². The van der Waals surface area contributed by atoms with E-state index in [2.05, 4.69) is 31.2 Å². The van der Waals surface area contributed by atoms with Gasteiger partial charge < -0.3 is 5.11 Å². The fourth-order valence-electron chi connectivity index (χ4n) is 2.39. The molecule has 24 heavy (non-hydrogen) atoms. The molecule has 0 amide bonds. The lowest BCUT2D eigenvalue weighted by atomic mass is 10.1. The van der Waals surface area contributed by atoms with Crippen LogP contribution in [-0.4, -0.2) is 11.1 Å². The van der Waals surface area contributed by atoms with Crippen molar-refractivity contribution in [2.24, 2.45) is 0 Å². The van der Waals surface area contributed by atoms with Crippen molar-refractivity contribution in [2.75, 3.05) is 0 Å². The molecule has 0 rings (SSSR count). The van der Waals surface area contributed by atoms with Gasteiger partial charge in [-0.1, -0.05) is 81.6 Å². The fourth-order valence-corrected chi connectivity index (χ4v) is 2.39. The van der Waals surface area contributed by atoms with E-state index in [4.69, 9.17) is 5.11 Å². The largest absolute Gasteiger partial charge is 0.478 e. The first-order valence-electron chi connectivity index (χ1n) is 9.63. The number of hydrogen-bond acceptors (Lipinski definition) is 1. The summed E-state index contributed by atoms with van der Waals surface area (Å²) in [5.41, 5.74) is 0. The monoisotopic (exact) mass is 332 g/mol. The Morgan fingerprint density at radius 1 is 0.708 bits per heavy atom. The first kappa shape index (κ1) is 22.4. The van der Waals surface area contributed by atoms with Gasteiger partial charge in [0.05, 0.1) is 0 Å². The molecule has 136 valence electrons. The Hall–Kier alpha value is -1.57. The lowest BCUT2D eigenvalue weighted by molar-refractivity contribution is -0.131. The summed E-state index contributed by atoms with van der Waals surface area (Å²) in [7, 11) is 0. The zero-order valence-electron chi connectivity index (χ0n) is 15.5. The van der Waals surface area contributed by atoms with Crippen molar-refractivity contribution in [1.82, 2.24) is 0 Å². The van der Waals surface area contributed by atoms with E-state index in [-0.39, 0.29) is 0 Å². The number of carboxylic acids is 1. The molecule has 0 aromatic carbocycles. The van der Waals surface area contributed by atoms with Crippen molar-refractivity contribution in [3.8, 4) is 0 Å². The van der Waals surface area contributed by atoms with E-state index in [1.165, 1.54) is 64.2 Å². The Kier molecular flexibility index (Phi) is 18.2. The molecule has 0 heterocycles. The van der Waals surface area contributed by atoms with Crippen LogP contribution in [0.3, 0.4) is 0 Å². The van der Waals surface area contributed by atoms with Crippen LogP contribution in [0.4, 0.5) is 0 Å². The topological polar surface area (TPSA) is 37.3 Å². The van der Waals surface area contributed by atoms with Crippen LogP contribution in [0.5, 0.6) is 0 Å². The average molecular weight is 333 g/mol. The van der Waals surface area contributed by atoms with E-state index in [1.807, 2.05) is 12.2 Å². The minimum Gasteiger partial charge on any atom is -0.478 e. The lowest BCUT2D eigenvalue weighted by Crippen LogP contribution is -1.84. The maximum absolute atomic E-state index is 10.3. The fraction of sp³-hybridized carbons (Fsp3) is 0.591. The third kappa shape index (κ3) is 20.4. The number of rotatable bonds is 16. The Morgan fingerprint density at radius 3 is 1.83 bits per heavy atom. The second-order valence-corrected chi connectivity index (χ2v) is 6.14. The Labute approximate surface area is 149 Å². The maximum Gasteiger partial charge on any atom is 0.328 e. The van der Waals surface area contributed by atoms with Gasteiger partial charge >= 0.3 is 5.97 Å². The van der Waals surface area contributed by atoms with Gasteiger partial charge in [0.2, 0.25) is 0 Å². The minimum absolute atomic E-state index is 0.892. The molecule has 0 bridgehead atoms. The molecular weight excluding hydrogens is 296 g/mol. The molecule has 0 fully saturated rings. The smallest absolute Gasteiger partial charge is 0.328 e. The second kappa shape index (κ2) is 19.5. The van der Waals surface area contributed by atoms with Gasteiger partial charge in [-0.05, 0) is 44.9 Å². The summed E-state index contributed by atoms with van der Waals surface area (Å²) >= 11 is 0. The number of carboxylic acid groups (broad SMARTS) is 1. The predicted octanol–water partition coefficient (Wildman–Crippen LogP) is 7.00. The van der Waals surface area contributed by atoms with Gasteiger partial charge in [-0.15, -0.1) is 0 Å². The molecule has 0 unspecified atom stereocenters. The summed E-state index contributed by atoms with van der Waals surface area (Å²) in [6.45, 7) is 2.24. The summed E-state index contributed by atoms with van der Waals surface area (Å²) in [5, 5.41) is 8.43. The first-order valence-corrected chi connectivity index (χ1v) is 9.63. The van der Waals surface area contributed by atoms with Crippen LogP contribution in [0, 0.1) is 0 Å². The first-order chi connectivity index (χ1) is 11.8. The van der Waals surface area contributed by atoms with Crippen LogP contribution in [-0.2, 0) is 4.79 Å². The molecule has 1 N–H and O–H groups in total. The molecule has 0 spiro atoms. The van der Waals surface area contributed by atoms with E-state index in [1.54, 1.807) is 6.08 Å². The van der Waals surface area contributed by atoms with Crippen molar-refractivity contribution >= 4 is 5.97 Å².